The van der Waals surface area contributed by atoms with Crippen LogP contribution in [0.25, 0.3) is 0 Å². The average molecular weight is 241 g/mol. The third-order valence-electron chi connectivity index (χ3n) is 3.92. The minimum Gasteiger partial charge on any atom is -0.472 e. The van der Waals surface area contributed by atoms with Crippen LogP contribution in [-0.4, -0.2) is 0 Å². The third-order valence-corrected chi connectivity index (χ3v) is 3.92. The topological polar surface area (TPSA) is 25.2 Å². The summed E-state index contributed by atoms with van der Waals surface area (Å²) in [6.07, 6.45) is 6.02. The smallest absolute Gasteiger partial charge is 0.0947 e. The van der Waals surface area contributed by atoms with Crippen molar-refractivity contribution >= 4 is 0 Å². The van der Waals surface area contributed by atoms with Crippen LogP contribution in [0.3, 0.4) is 0 Å². The predicted molar refractivity (Wildman–Crippen MR) is 72.4 cm³/mol. The van der Waals surface area contributed by atoms with Crippen LogP contribution in [-0.2, 0) is 6.54 Å². The summed E-state index contributed by atoms with van der Waals surface area (Å²) in [5, 5.41) is 3.64. The molecule has 0 spiro atoms. The summed E-state index contributed by atoms with van der Waals surface area (Å²) in [6, 6.07) is 11.3. The molecule has 1 aliphatic rings. The van der Waals surface area contributed by atoms with Crippen molar-refractivity contribution in [3.8, 4) is 0 Å². The van der Waals surface area contributed by atoms with Crippen LogP contribution in [0.2, 0.25) is 0 Å². The zero-order valence-corrected chi connectivity index (χ0v) is 10.7. The van der Waals surface area contributed by atoms with E-state index < -0.39 is 0 Å². The zero-order chi connectivity index (χ0) is 12.4. The molecule has 0 bridgehead atoms. The van der Waals surface area contributed by atoms with Gasteiger partial charge in [-0.1, -0.05) is 31.2 Å². The van der Waals surface area contributed by atoms with Gasteiger partial charge in [0, 0.05) is 18.2 Å². The molecule has 0 radical (unpaired) electrons. The lowest BCUT2D eigenvalue weighted by molar-refractivity contribution is 0.430. The summed E-state index contributed by atoms with van der Waals surface area (Å²) >= 11 is 0. The molecule has 0 saturated heterocycles. The molecule has 1 N–H and O–H groups in total. The molecular formula is C16H19NO. The van der Waals surface area contributed by atoms with E-state index in [2.05, 4.69) is 36.5 Å². The van der Waals surface area contributed by atoms with E-state index in [0.717, 1.165) is 6.54 Å². The highest BCUT2D eigenvalue weighted by Gasteiger charge is 2.23. The molecule has 0 fully saturated rings. The Morgan fingerprint density at radius 1 is 1.17 bits per heavy atom. The Bertz CT molecular complexity index is 504. The fraction of sp³-hybridized carbons (Fsp3) is 0.375. The molecule has 0 aliphatic heterocycles. The highest BCUT2D eigenvalue weighted by molar-refractivity contribution is 5.35. The van der Waals surface area contributed by atoms with Crippen molar-refractivity contribution < 1.29 is 4.42 Å². The van der Waals surface area contributed by atoms with E-state index in [1.54, 1.807) is 6.26 Å². The zero-order valence-electron chi connectivity index (χ0n) is 10.7. The Labute approximate surface area is 108 Å². The highest BCUT2D eigenvalue weighted by atomic mass is 16.3. The average Bonchev–Trinajstić information content (AvgIpc) is 2.92. The van der Waals surface area contributed by atoms with E-state index in [4.69, 9.17) is 4.42 Å². The molecule has 2 heteroatoms. The van der Waals surface area contributed by atoms with E-state index in [0.29, 0.717) is 12.0 Å². The number of benzene rings is 1. The van der Waals surface area contributed by atoms with Crippen LogP contribution in [0.4, 0.5) is 0 Å². The summed E-state index contributed by atoms with van der Waals surface area (Å²) in [5.41, 5.74) is 4.19. The van der Waals surface area contributed by atoms with Gasteiger partial charge in [0.05, 0.1) is 12.5 Å². The molecule has 3 rings (SSSR count). The van der Waals surface area contributed by atoms with Crippen molar-refractivity contribution in [2.24, 2.45) is 0 Å². The number of furan rings is 1. The lowest BCUT2D eigenvalue weighted by atomic mass is 9.81. The normalized spacial score (nSPS) is 22.7. The van der Waals surface area contributed by atoms with Crippen molar-refractivity contribution in [1.29, 1.82) is 0 Å². The van der Waals surface area contributed by atoms with Crippen LogP contribution in [0.15, 0.2) is 47.3 Å². The second kappa shape index (κ2) is 4.99. The van der Waals surface area contributed by atoms with Crippen LogP contribution >= 0.6 is 0 Å². The molecule has 2 unspecified atom stereocenters. The van der Waals surface area contributed by atoms with Gasteiger partial charge in [0.1, 0.15) is 0 Å². The predicted octanol–water partition coefficient (Wildman–Crippen LogP) is 4.01. The molecule has 0 saturated carbocycles. The van der Waals surface area contributed by atoms with Crippen molar-refractivity contribution in [1.82, 2.24) is 5.32 Å². The lowest BCUT2D eigenvalue weighted by Gasteiger charge is -2.30. The minimum absolute atomic E-state index is 0.479. The molecular weight excluding hydrogens is 222 g/mol. The Morgan fingerprint density at radius 3 is 2.78 bits per heavy atom. The molecule has 2 nitrogen and oxygen atoms in total. The Hall–Kier alpha value is -1.54. The van der Waals surface area contributed by atoms with Gasteiger partial charge in [0.25, 0.3) is 0 Å². The van der Waals surface area contributed by atoms with Gasteiger partial charge in [-0.3, -0.25) is 0 Å². The first-order valence-corrected chi connectivity index (χ1v) is 6.68. The summed E-state index contributed by atoms with van der Waals surface area (Å²) in [6.45, 7) is 3.20. The number of hydrogen-bond donors (Lipinski definition) is 1. The molecule has 1 aromatic heterocycles. The maximum atomic E-state index is 5.10. The minimum atomic E-state index is 0.479. The Kier molecular flexibility index (Phi) is 3.20. The van der Waals surface area contributed by atoms with Gasteiger partial charge in [-0.15, -0.1) is 0 Å². The first-order valence-electron chi connectivity index (χ1n) is 6.68. The fourth-order valence-corrected chi connectivity index (χ4v) is 2.85. The quantitative estimate of drug-likeness (QED) is 0.878. The van der Waals surface area contributed by atoms with Gasteiger partial charge in [-0.25, -0.2) is 0 Å². The Morgan fingerprint density at radius 2 is 2.00 bits per heavy atom. The van der Waals surface area contributed by atoms with E-state index in [1.807, 2.05) is 12.3 Å². The third kappa shape index (κ3) is 2.21. The van der Waals surface area contributed by atoms with Gasteiger partial charge in [-0.05, 0) is 36.0 Å². The molecule has 0 amide bonds. The maximum absolute atomic E-state index is 5.10. The van der Waals surface area contributed by atoms with Crippen LogP contribution < -0.4 is 5.32 Å². The van der Waals surface area contributed by atoms with E-state index >= 15 is 0 Å². The molecule has 94 valence electrons. The molecule has 1 aliphatic carbocycles. The SMILES string of the molecule is CC1CCC(NCc2ccoc2)c2ccccc21. The second-order valence-corrected chi connectivity index (χ2v) is 5.17. The van der Waals surface area contributed by atoms with E-state index in [1.165, 1.54) is 29.5 Å². The number of hydrogen-bond acceptors (Lipinski definition) is 2. The maximum Gasteiger partial charge on any atom is 0.0947 e. The van der Waals surface area contributed by atoms with Crippen molar-refractivity contribution in [3.05, 3.63) is 59.5 Å². The van der Waals surface area contributed by atoms with Crippen LogP contribution in [0.5, 0.6) is 0 Å². The van der Waals surface area contributed by atoms with Gasteiger partial charge >= 0.3 is 0 Å². The summed E-state index contributed by atoms with van der Waals surface area (Å²) in [7, 11) is 0. The largest absolute Gasteiger partial charge is 0.472 e. The fourth-order valence-electron chi connectivity index (χ4n) is 2.85. The second-order valence-electron chi connectivity index (χ2n) is 5.17. The number of rotatable bonds is 3. The lowest BCUT2D eigenvalue weighted by Crippen LogP contribution is -2.25. The van der Waals surface area contributed by atoms with Gasteiger partial charge in [-0.2, -0.15) is 0 Å². The summed E-state index contributed by atoms with van der Waals surface area (Å²) < 4.78 is 5.10. The first kappa shape index (κ1) is 11.5. The molecule has 1 heterocycles. The van der Waals surface area contributed by atoms with Crippen LogP contribution in [0, 0.1) is 0 Å². The number of fused-ring (bicyclic) bond motifs is 1. The molecule has 1 aromatic carbocycles. The van der Waals surface area contributed by atoms with E-state index in [9.17, 15) is 0 Å². The Balaban J connectivity index is 1.76. The number of nitrogens with one attached hydrogen (secondary N) is 1. The van der Waals surface area contributed by atoms with Crippen molar-refractivity contribution in [2.45, 2.75) is 38.3 Å². The monoisotopic (exact) mass is 241 g/mol. The first-order chi connectivity index (χ1) is 8.84. The van der Waals surface area contributed by atoms with Gasteiger partial charge in [0.15, 0.2) is 0 Å². The summed E-state index contributed by atoms with van der Waals surface area (Å²) in [4.78, 5) is 0. The van der Waals surface area contributed by atoms with Crippen LogP contribution in [0.1, 0.15) is 48.4 Å². The standard InChI is InChI=1S/C16H19NO/c1-12-6-7-16(15-5-3-2-4-14(12)15)17-10-13-8-9-18-11-13/h2-5,8-9,11-12,16-17H,6-7,10H2,1H3. The molecule has 18 heavy (non-hydrogen) atoms. The van der Waals surface area contributed by atoms with Crippen molar-refractivity contribution in [3.63, 3.8) is 0 Å². The van der Waals surface area contributed by atoms with Gasteiger partial charge < -0.3 is 9.73 Å². The van der Waals surface area contributed by atoms with Gasteiger partial charge in [0.2, 0.25) is 0 Å². The van der Waals surface area contributed by atoms with Crippen molar-refractivity contribution in [2.75, 3.05) is 0 Å². The summed E-state index contributed by atoms with van der Waals surface area (Å²) in [5.74, 6) is 0.688. The molecule has 2 aromatic rings. The van der Waals surface area contributed by atoms with E-state index in [-0.39, 0.29) is 0 Å². The highest BCUT2D eigenvalue weighted by Crippen LogP contribution is 2.36. The molecule has 2 atom stereocenters.